The fourth-order valence-electron chi connectivity index (χ4n) is 1.79. The van der Waals surface area contributed by atoms with Crippen LogP contribution in [0.1, 0.15) is 19.8 Å². The molecule has 0 aliphatic carbocycles. The SMILES string of the molecule is CCN(CCC#N)S(=O)(=O)C[C@H]1CCOC1. The molecule has 1 aliphatic rings. The molecule has 0 bridgehead atoms. The highest BCUT2D eigenvalue weighted by Crippen LogP contribution is 2.16. The van der Waals surface area contributed by atoms with Crippen LogP contribution in [0.25, 0.3) is 0 Å². The van der Waals surface area contributed by atoms with Crippen molar-refractivity contribution in [2.45, 2.75) is 19.8 Å². The summed E-state index contributed by atoms with van der Waals surface area (Å²) in [6, 6.07) is 1.97. The zero-order valence-electron chi connectivity index (χ0n) is 9.55. The molecule has 1 aliphatic heterocycles. The highest BCUT2D eigenvalue weighted by Gasteiger charge is 2.27. The predicted molar refractivity (Wildman–Crippen MR) is 60.2 cm³/mol. The Morgan fingerprint density at radius 3 is 2.81 bits per heavy atom. The van der Waals surface area contributed by atoms with Crippen molar-refractivity contribution in [2.24, 2.45) is 5.92 Å². The lowest BCUT2D eigenvalue weighted by Crippen LogP contribution is -2.36. The minimum absolute atomic E-state index is 0.112. The third-order valence-electron chi connectivity index (χ3n) is 2.69. The quantitative estimate of drug-likeness (QED) is 0.687. The highest BCUT2D eigenvalue weighted by molar-refractivity contribution is 7.89. The largest absolute Gasteiger partial charge is 0.381 e. The van der Waals surface area contributed by atoms with E-state index in [2.05, 4.69) is 0 Å². The van der Waals surface area contributed by atoms with Crippen LogP contribution >= 0.6 is 0 Å². The molecule has 92 valence electrons. The summed E-state index contributed by atoms with van der Waals surface area (Å²) in [6.07, 6.45) is 1.06. The van der Waals surface area contributed by atoms with Gasteiger partial charge in [0.1, 0.15) is 0 Å². The molecule has 1 saturated heterocycles. The zero-order chi connectivity index (χ0) is 12.0. The summed E-state index contributed by atoms with van der Waals surface area (Å²) in [4.78, 5) is 0. The van der Waals surface area contributed by atoms with Crippen molar-refractivity contribution >= 4 is 10.0 Å². The van der Waals surface area contributed by atoms with Gasteiger partial charge in [-0.25, -0.2) is 12.7 Å². The Balaban J connectivity index is 2.55. The van der Waals surface area contributed by atoms with Gasteiger partial charge < -0.3 is 4.74 Å². The number of ether oxygens (including phenoxy) is 1. The molecule has 0 saturated carbocycles. The molecule has 0 amide bonds. The second-order valence-electron chi connectivity index (χ2n) is 3.91. The Morgan fingerprint density at radius 2 is 2.31 bits per heavy atom. The Labute approximate surface area is 97.0 Å². The van der Waals surface area contributed by atoms with Gasteiger partial charge in [-0.3, -0.25) is 0 Å². The Hall–Kier alpha value is -0.640. The Bertz CT molecular complexity index is 342. The summed E-state index contributed by atoms with van der Waals surface area (Å²) in [5, 5.41) is 8.47. The fourth-order valence-corrected chi connectivity index (χ4v) is 3.62. The molecule has 0 spiro atoms. The number of rotatable bonds is 6. The molecule has 1 heterocycles. The van der Waals surface area contributed by atoms with Crippen molar-refractivity contribution in [1.29, 1.82) is 5.26 Å². The molecule has 1 fully saturated rings. The first kappa shape index (κ1) is 13.4. The second-order valence-corrected chi connectivity index (χ2v) is 5.92. The molecule has 0 N–H and O–H groups in total. The summed E-state index contributed by atoms with van der Waals surface area (Å²) in [6.45, 7) is 3.71. The first-order chi connectivity index (χ1) is 7.60. The molecular formula is C10H18N2O3S. The van der Waals surface area contributed by atoms with Crippen LogP contribution in [0.2, 0.25) is 0 Å². The van der Waals surface area contributed by atoms with Crippen molar-refractivity contribution in [3.63, 3.8) is 0 Å². The third-order valence-corrected chi connectivity index (χ3v) is 4.81. The normalized spacial score (nSPS) is 21.2. The minimum Gasteiger partial charge on any atom is -0.381 e. The van der Waals surface area contributed by atoms with Gasteiger partial charge in [0.25, 0.3) is 0 Å². The number of nitriles is 1. The van der Waals surface area contributed by atoms with Crippen molar-refractivity contribution in [2.75, 3.05) is 32.1 Å². The van der Waals surface area contributed by atoms with E-state index < -0.39 is 10.0 Å². The molecule has 0 aromatic carbocycles. The molecule has 1 atom stereocenters. The molecule has 6 heteroatoms. The van der Waals surface area contributed by atoms with E-state index >= 15 is 0 Å². The van der Waals surface area contributed by atoms with E-state index in [0.717, 1.165) is 6.42 Å². The molecule has 0 radical (unpaired) electrons. The van der Waals surface area contributed by atoms with Crippen LogP contribution in [0.4, 0.5) is 0 Å². The second kappa shape index (κ2) is 6.18. The maximum atomic E-state index is 12.0. The lowest BCUT2D eigenvalue weighted by atomic mass is 10.2. The summed E-state index contributed by atoms with van der Waals surface area (Å²) in [5.74, 6) is 0.257. The van der Waals surface area contributed by atoms with Gasteiger partial charge in [0.2, 0.25) is 10.0 Å². The average Bonchev–Trinajstić information content (AvgIpc) is 2.70. The van der Waals surface area contributed by atoms with E-state index in [1.165, 1.54) is 4.31 Å². The van der Waals surface area contributed by atoms with Gasteiger partial charge in [-0.1, -0.05) is 6.92 Å². The maximum absolute atomic E-state index is 12.0. The van der Waals surface area contributed by atoms with Crippen LogP contribution in [-0.2, 0) is 14.8 Å². The Kier molecular flexibility index (Phi) is 5.19. The maximum Gasteiger partial charge on any atom is 0.214 e. The lowest BCUT2D eigenvalue weighted by molar-refractivity contribution is 0.188. The monoisotopic (exact) mass is 246 g/mol. The smallest absolute Gasteiger partial charge is 0.214 e. The molecule has 0 aromatic rings. The summed E-state index contributed by atoms with van der Waals surface area (Å²) in [7, 11) is -3.23. The molecule has 5 nitrogen and oxygen atoms in total. The van der Waals surface area contributed by atoms with Crippen LogP contribution in [0.3, 0.4) is 0 Å². The predicted octanol–water partition coefficient (Wildman–Crippen LogP) is 0.588. The first-order valence-electron chi connectivity index (χ1n) is 5.52. The van der Waals surface area contributed by atoms with Gasteiger partial charge in [0.15, 0.2) is 0 Å². The van der Waals surface area contributed by atoms with Gasteiger partial charge in [-0.2, -0.15) is 5.26 Å². The summed E-state index contributed by atoms with van der Waals surface area (Å²) in [5.41, 5.74) is 0. The molecule has 0 unspecified atom stereocenters. The zero-order valence-corrected chi connectivity index (χ0v) is 10.4. The van der Waals surface area contributed by atoms with Crippen LogP contribution in [-0.4, -0.2) is 44.8 Å². The standard InChI is InChI=1S/C10H18N2O3S/c1-2-12(6-3-5-11)16(13,14)9-10-4-7-15-8-10/h10H,2-4,6-9H2,1H3/t10-/m0/s1. The van der Waals surface area contributed by atoms with E-state index in [9.17, 15) is 8.42 Å². The van der Waals surface area contributed by atoms with E-state index in [1.54, 1.807) is 6.92 Å². The van der Waals surface area contributed by atoms with Gasteiger partial charge >= 0.3 is 0 Å². The fraction of sp³-hybridized carbons (Fsp3) is 0.900. The van der Waals surface area contributed by atoms with E-state index in [0.29, 0.717) is 26.3 Å². The molecule has 0 aromatic heterocycles. The number of hydrogen-bond donors (Lipinski definition) is 0. The van der Waals surface area contributed by atoms with Crippen molar-refractivity contribution < 1.29 is 13.2 Å². The van der Waals surface area contributed by atoms with Crippen LogP contribution < -0.4 is 0 Å². The van der Waals surface area contributed by atoms with Crippen molar-refractivity contribution in [1.82, 2.24) is 4.31 Å². The minimum atomic E-state index is -3.23. The van der Waals surface area contributed by atoms with Crippen LogP contribution in [0.15, 0.2) is 0 Å². The molecular weight excluding hydrogens is 228 g/mol. The summed E-state index contributed by atoms with van der Waals surface area (Å²) < 4.78 is 30.5. The Morgan fingerprint density at radius 1 is 1.56 bits per heavy atom. The number of sulfonamides is 1. The van der Waals surface area contributed by atoms with Gasteiger partial charge in [0, 0.05) is 26.1 Å². The van der Waals surface area contributed by atoms with Crippen LogP contribution in [0, 0.1) is 17.2 Å². The van der Waals surface area contributed by atoms with Gasteiger partial charge in [0.05, 0.1) is 18.4 Å². The van der Waals surface area contributed by atoms with E-state index in [-0.39, 0.29) is 18.1 Å². The van der Waals surface area contributed by atoms with Crippen LogP contribution in [0.5, 0.6) is 0 Å². The summed E-state index contributed by atoms with van der Waals surface area (Å²) >= 11 is 0. The average molecular weight is 246 g/mol. The molecule has 1 rings (SSSR count). The van der Waals surface area contributed by atoms with E-state index in [1.807, 2.05) is 6.07 Å². The van der Waals surface area contributed by atoms with Gasteiger partial charge in [-0.15, -0.1) is 0 Å². The number of nitrogens with zero attached hydrogens (tertiary/aromatic N) is 2. The number of hydrogen-bond acceptors (Lipinski definition) is 4. The highest BCUT2D eigenvalue weighted by atomic mass is 32.2. The third kappa shape index (κ3) is 3.74. The van der Waals surface area contributed by atoms with Crippen molar-refractivity contribution in [3.8, 4) is 6.07 Å². The van der Waals surface area contributed by atoms with Crippen molar-refractivity contribution in [3.05, 3.63) is 0 Å². The first-order valence-corrected chi connectivity index (χ1v) is 7.13. The van der Waals surface area contributed by atoms with E-state index in [4.69, 9.17) is 10.00 Å². The van der Waals surface area contributed by atoms with Gasteiger partial charge in [-0.05, 0) is 12.3 Å². The lowest BCUT2D eigenvalue weighted by Gasteiger charge is -2.20. The topological polar surface area (TPSA) is 70.4 Å². The molecule has 16 heavy (non-hydrogen) atoms.